The zero-order valence-electron chi connectivity index (χ0n) is 14.3. The van der Waals surface area contributed by atoms with Gasteiger partial charge in [0.15, 0.2) is 0 Å². The maximum atomic E-state index is 4.49. The van der Waals surface area contributed by atoms with Crippen molar-refractivity contribution in [2.75, 3.05) is 0 Å². The molecule has 1 fully saturated rings. The van der Waals surface area contributed by atoms with E-state index >= 15 is 0 Å². The molecule has 2 rings (SSSR count). The van der Waals surface area contributed by atoms with Gasteiger partial charge in [-0.2, -0.15) is 0 Å². The predicted molar refractivity (Wildman–Crippen MR) is 92.8 cm³/mol. The van der Waals surface area contributed by atoms with Crippen LogP contribution in [0.1, 0.15) is 78.2 Å². The summed E-state index contributed by atoms with van der Waals surface area (Å²) in [6.45, 7) is 7.02. The summed E-state index contributed by atoms with van der Waals surface area (Å²) in [7, 11) is 0. The molecular formula is C17H33N3Sn. The fourth-order valence-corrected chi connectivity index (χ4v) is 19.7. The minimum atomic E-state index is -2.30. The molecule has 120 valence electrons. The van der Waals surface area contributed by atoms with Crippen LogP contribution in [0.5, 0.6) is 0 Å². The zero-order valence-corrected chi connectivity index (χ0v) is 17.1. The van der Waals surface area contributed by atoms with Crippen LogP contribution in [-0.4, -0.2) is 33.4 Å². The van der Waals surface area contributed by atoms with E-state index < -0.39 is 18.4 Å². The van der Waals surface area contributed by atoms with Gasteiger partial charge >= 0.3 is 135 Å². The van der Waals surface area contributed by atoms with E-state index in [1.807, 2.05) is 0 Å². The second-order valence-corrected chi connectivity index (χ2v) is 19.9. The second-order valence-electron chi connectivity index (χ2n) is 6.89. The van der Waals surface area contributed by atoms with Gasteiger partial charge < -0.3 is 0 Å². The predicted octanol–water partition coefficient (Wildman–Crippen LogP) is 4.67. The summed E-state index contributed by atoms with van der Waals surface area (Å²) in [5.41, 5.74) is 0. The van der Waals surface area contributed by atoms with Gasteiger partial charge in [-0.05, 0) is 0 Å². The summed E-state index contributed by atoms with van der Waals surface area (Å²) in [5, 5.41) is 8.83. The van der Waals surface area contributed by atoms with E-state index in [4.69, 9.17) is 0 Å². The fraction of sp³-hybridized carbons (Fsp3) is 0.882. The number of nitrogens with zero attached hydrogens (tertiary/aromatic N) is 3. The first-order valence-corrected chi connectivity index (χ1v) is 16.7. The van der Waals surface area contributed by atoms with Gasteiger partial charge in [0, 0.05) is 0 Å². The quantitative estimate of drug-likeness (QED) is 0.508. The van der Waals surface area contributed by atoms with Crippen LogP contribution >= 0.6 is 0 Å². The van der Waals surface area contributed by atoms with E-state index in [1.54, 1.807) is 3.71 Å². The monoisotopic (exact) mass is 399 g/mol. The molecule has 3 nitrogen and oxygen atoms in total. The summed E-state index contributed by atoms with van der Waals surface area (Å²) in [4.78, 5) is 0. The molecule has 1 saturated carbocycles. The third kappa shape index (κ3) is 4.46. The van der Waals surface area contributed by atoms with Crippen molar-refractivity contribution in [1.82, 2.24) is 15.0 Å². The Morgan fingerprint density at radius 3 is 1.95 bits per heavy atom. The van der Waals surface area contributed by atoms with Crippen LogP contribution in [0.2, 0.25) is 13.3 Å². The van der Waals surface area contributed by atoms with Crippen LogP contribution in [-0.2, 0) is 0 Å². The average Bonchev–Trinajstić information content (AvgIpc) is 3.24. The van der Waals surface area contributed by atoms with Crippen LogP contribution in [0.15, 0.2) is 6.20 Å². The van der Waals surface area contributed by atoms with Gasteiger partial charge in [0.05, 0.1) is 0 Å². The molecule has 0 aromatic carbocycles. The van der Waals surface area contributed by atoms with Crippen molar-refractivity contribution in [3.8, 4) is 0 Å². The molecule has 1 aliphatic rings. The second kappa shape index (κ2) is 8.54. The number of unbranched alkanes of at least 4 members (excludes halogenated alkanes) is 3. The van der Waals surface area contributed by atoms with Gasteiger partial charge in [0.1, 0.15) is 0 Å². The molecule has 0 bridgehead atoms. The molecule has 4 heteroatoms. The molecule has 0 saturated heterocycles. The maximum absolute atomic E-state index is 4.49. The third-order valence-electron chi connectivity index (χ3n) is 5.04. The van der Waals surface area contributed by atoms with Crippen molar-refractivity contribution in [2.45, 2.75) is 91.5 Å². The molecule has 0 unspecified atom stereocenters. The molecule has 1 aromatic heterocycles. The summed E-state index contributed by atoms with van der Waals surface area (Å²) in [6, 6.07) is 0.698. The van der Waals surface area contributed by atoms with Gasteiger partial charge in [0.2, 0.25) is 0 Å². The van der Waals surface area contributed by atoms with Crippen LogP contribution < -0.4 is 3.71 Å². The van der Waals surface area contributed by atoms with Gasteiger partial charge in [-0.15, -0.1) is 0 Å². The van der Waals surface area contributed by atoms with E-state index in [2.05, 4.69) is 42.0 Å². The minimum absolute atomic E-state index is 0.698. The van der Waals surface area contributed by atoms with E-state index in [-0.39, 0.29) is 0 Å². The van der Waals surface area contributed by atoms with Gasteiger partial charge in [-0.3, -0.25) is 0 Å². The van der Waals surface area contributed by atoms with Gasteiger partial charge in [0.25, 0.3) is 0 Å². The summed E-state index contributed by atoms with van der Waals surface area (Å²) >= 11 is -2.30. The molecule has 0 amide bonds. The molecule has 21 heavy (non-hydrogen) atoms. The number of hydrogen-bond acceptors (Lipinski definition) is 2. The van der Waals surface area contributed by atoms with Crippen molar-refractivity contribution in [1.29, 1.82) is 0 Å². The van der Waals surface area contributed by atoms with Crippen LogP contribution in [0, 0.1) is 0 Å². The molecule has 0 atom stereocenters. The van der Waals surface area contributed by atoms with Gasteiger partial charge in [-0.1, -0.05) is 0 Å². The molecule has 0 spiro atoms. The van der Waals surface area contributed by atoms with E-state index in [0.717, 1.165) is 0 Å². The molecule has 1 aromatic rings. The normalized spacial score (nSPS) is 15.6. The Morgan fingerprint density at radius 1 is 1.00 bits per heavy atom. The van der Waals surface area contributed by atoms with Crippen molar-refractivity contribution < 1.29 is 0 Å². The Labute approximate surface area is 134 Å². The third-order valence-corrected chi connectivity index (χ3v) is 20.4. The number of aromatic nitrogens is 3. The Morgan fingerprint density at radius 2 is 1.52 bits per heavy atom. The topological polar surface area (TPSA) is 30.7 Å². The molecule has 1 aliphatic carbocycles. The summed E-state index contributed by atoms with van der Waals surface area (Å²) in [6.07, 6.45) is 13.1. The van der Waals surface area contributed by atoms with Crippen molar-refractivity contribution in [3.05, 3.63) is 6.20 Å². The number of rotatable bonds is 11. The van der Waals surface area contributed by atoms with Crippen molar-refractivity contribution in [3.63, 3.8) is 0 Å². The molecule has 0 radical (unpaired) electrons. The van der Waals surface area contributed by atoms with Crippen molar-refractivity contribution >= 4 is 22.1 Å². The Bertz CT molecular complexity index is 390. The standard InChI is InChI=1S/C5H6N3.3C4H9.Sn/c1-2-5(1)8-4-3-6-7-8;3*1-3-4-2;/h3,5H,1-2H2;3*1,3-4H2,2H3;. The SMILES string of the molecule is CCC[CH2][Sn]([CH2]CCC)([CH2]CCC)[c]1cnnn1C1CC1. The molecule has 0 N–H and O–H groups in total. The summed E-state index contributed by atoms with van der Waals surface area (Å²) in [5.74, 6) is 0. The summed E-state index contributed by atoms with van der Waals surface area (Å²) < 4.78 is 8.58. The van der Waals surface area contributed by atoms with Crippen molar-refractivity contribution in [2.24, 2.45) is 0 Å². The van der Waals surface area contributed by atoms with Crippen LogP contribution in [0.25, 0.3) is 0 Å². The van der Waals surface area contributed by atoms with E-state index in [0.29, 0.717) is 6.04 Å². The number of hydrogen-bond donors (Lipinski definition) is 0. The molecular weight excluding hydrogens is 365 g/mol. The van der Waals surface area contributed by atoms with Crippen LogP contribution in [0.4, 0.5) is 0 Å². The van der Waals surface area contributed by atoms with E-state index in [9.17, 15) is 0 Å². The first-order chi connectivity index (χ1) is 10.3. The van der Waals surface area contributed by atoms with E-state index in [1.165, 1.54) is 64.7 Å². The average molecular weight is 398 g/mol. The van der Waals surface area contributed by atoms with Crippen LogP contribution in [0.3, 0.4) is 0 Å². The molecule has 0 aliphatic heterocycles. The zero-order chi connectivity index (χ0) is 15.1. The Hall–Kier alpha value is -0.0613. The first-order valence-electron chi connectivity index (χ1n) is 9.18. The fourth-order valence-electron chi connectivity index (χ4n) is 3.52. The Balaban J connectivity index is 2.26. The Kier molecular flexibility index (Phi) is 7.03. The molecule has 1 heterocycles. The van der Waals surface area contributed by atoms with Gasteiger partial charge in [-0.25, -0.2) is 0 Å². The first kappa shape index (κ1) is 17.3.